The van der Waals surface area contributed by atoms with Gasteiger partial charge < -0.3 is 14.6 Å². The molecule has 3 aromatic rings. The quantitative estimate of drug-likeness (QED) is 0.476. The molecule has 1 heterocycles. The molecule has 0 aliphatic carbocycles. The molecule has 0 saturated carbocycles. The molecular formula is C21H22Cl2N4O2S. The third kappa shape index (κ3) is 5.90. The molecule has 0 aliphatic heterocycles. The van der Waals surface area contributed by atoms with Crippen LogP contribution < -0.4 is 10.1 Å². The molecule has 1 atom stereocenters. The number of amides is 1. The predicted molar refractivity (Wildman–Crippen MR) is 120 cm³/mol. The van der Waals surface area contributed by atoms with E-state index in [1.807, 2.05) is 49.7 Å². The maximum Gasteiger partial charge on any atom is 0.230 e. The summed E-state index contributed by atoms with van der Waals surface area (Å²) in [6, 6.07) is 13.0. The number of thioether (sulfide) groups is 1. The Hall–Kier alpha value is -2.22. The lowest BCUT2D eigenvalue weighted by molar-refractivity contribution is -0.118. The van der Waals surface area contributed by atoms with E-state index in [0.29, 0.717) is 33.3 Å². The van der Waals surface area contributed by atoms with Crippen LogP contribution in [0.5, 0.6) is 5.75 Å². The fraction of sp³-hybridized carbons (Fsp3) is 0.286. The molecule has 9 heteroatoms. The lowest BCUT2D eigenvalue weighted by atomic mass is 10.2. The highest BCUT2D eigenvalue weighted by molar-refractivity contribution is 7.99. The van der Waals surface area contributed by atoms with Gasteiger partial charge in [-0.25, -0.2) is 0 Å². The molecule has 158 valence electrons. The van der Waals surface area contributed by atoms with E-state index in [-0.39, 0.29) is 17.8 Å². The van der Waals surface area contributed by atoms with Crippen molar-refractivity contribution in [1.82, 2.24) is 20.1 Å². The topological polar surface area (TPSA) is 69.0 Å². The fourth-order valence-electron chi connectivity index (χ4n) is 2.73. The largest absolute Gasteiger partial charge is 0.481 e. The smallest absolute Gasteiger partial charge is 0.230 e. The van der Waals surface area contributed by atoms with Crippen LogP contribution in [0.1, 0.15) is 30.0 Å². The van der Waals surface area contributed by atoms with Crippen molar-refractivity contribution >= 4 is 40.9 Å². The normalized spacial score (nSPS) is 11.9. The van der Waals surface area contributed by atoms with Crippen LogP contribution in [0.25, 0.3) is 0 Å². The number of rotatable bonds is 8. The number of carbonyl (C=O) groups is 1. The predicted octanol–water partition coefficient (Wildman–Crippen LogP) is 4.98. The van der Waals surface area contributed by atoms with Crippen molar-refractivity contribution in [3.05, 3.63) is 69.5 Å². The van der Waals surface area contributed by atoms with Gasteiger partial charge in [0.2, 0.25) is 5.91 Å². The van der Waals surface area contributed by atoms with Crippen LogP contribution in [0.4, 0.5) is 0 Å². The first-order chi connectivity index (χ1) is 14.3. The number of aryl methyl sites for hydroxylation is 1. The molecule has 0 fully saturated rings. The van der Waals surface area contributed by atoms with Crippen LogP contribution in [0.15, 0.2) is 47.6 Å². The molecule has 0 radical (unpaired) electrons. The Morgan fingerprint density at radius 1 is 1.20 bits per heavy atom. The van der Waals surface area contributed by atoms with Crippen molar-refractivity contribution in [2.75, 3.05) is 5.75 Å². The number of carbonyl (C=O) groups excluding carboxylic acids is 1. The second kappa shape index (κ2) is 10.2. The lowest BCUT2D eigenvalue weighted by Gasteiger charge is -2.15. The molecule has 1 amide bonds. The summed E-state index contributed by atoms with van der Waals surface area (Å²) in [6.45, 7) is 4.31. The SMILES string of the molecule is Cc1ccc(Cl)c(OC(C)c2nnc(SCC(=O)NCc3ccc(Cl)cc3)n2C)c1. The summed E-state index contributed by atoms with van der Waals surface area (Å²) in [5.41, 5.74) is 2.04. The second-order valence-corrected chi connectivity index (χ2v) is 8.57. The van der Waals surface area contributed by atoms with Crippen LogP contribution in [0.2, 0.25) is 10.0 Å². The van der Waals surface area contributed by atoms with Crippen molar-refractivity contribution in [3.8, 4) is 5.75 Å². The zero-order valence-electron chi connectivity index (χ0n) is 16.9. The van der Waals surface area contributed by atoms with Crippen molar-refractivity contribution in [2.45, 2.75) is 31.7 Å². The van der Waals surface area contributed by atoms with E-state index < -0.39 is 0 Å². The summed E-state index contributed by atoms with van der Waals surface area (Å²) in [6.07, 6.45) is -0.352. The summed E-state index contributed by atoms with van der Waals surface area (Å²) in [4.78, 5) is 12.2. The second-order valence-electron chi connectivity index (χ2n) is 6.79. The van der Waals surface area contributed by atoms with E-state index in [1.54, 1.807) is 18.2 Å². The fourth-order valence-corrected chi connectivity index (χ4v) is 3.77. The average molecular weight is 465 g/mol. The molecule has 30 heavy (non-hydrogen) atoms. The maximum atomic E-state index is 12.2. The van der Waals surface area contributed by atoms with Crippen LogP contribution in [-0.4, -0.2) is 26.4 Å². The van der Waals surface area contributed by atoms with Crippen LogP contribution >= 0.6 is 35.0 Å². The molecule has 6 nitrogen and oxygen atoms in total. The molecular weight excluding hydrogens is 443 g/mol. The molecule has 0 bridgehead atoms. The number of ether oxygens (including phenoxy) is 1. The van der Waals surface area contributed by atoms with Gasteiger partial charge in [-0.3, -0.25) is 4.79 Å². The van der Waals surface area contributed by atoms with Gasteiger partial charge in [0.05, 0.1) is 10.8 Å². The number of halogens is 2. The van der Waals surface area contributed by atoms with Gasteiger partial charge in [-0.1, -0.05) is 53.2 Å². The molecule has 3 rings (SSSR count). The van der Waals surface area contributed by atoms with Crippen molar-refractivity contribution in [3.63, 3.8) is 0 Å². The van der Waals surface area contributed by atoms with E-state index in [9.17, 15) is 4.79 Å². The third-order valence-corrected chi connectivity index (χ3v) is 5.94. The van der Waals surface area contributed by atoms with E-state index >= 15 is 0 Å². The van der Waals surface area contributed by atoms with E-state index in [1.165, 1.54) is 11.8 Å². The first-order valence-electron chi connectivity index (χ1n) is 9.29. The summed E-state index contributed by atoms with van der Waals surface area (Å²) in [5, 5.41) is 13.1. The number of nitrogens with zero attached hydrogens (tertiary/aromatic N) is 3. The van der Waals surface area contributed by atoms with Crippen molar-refractivity contribution in [1.29, 1.82) is 0 Å². The zero-order valence-corrected chi connectivity index (χ0v) is 19.2. The molecule has 1 N–H and O–H groups in total. The maximum absolute atomic E-state index is 12.2. The minimum Gasteiger partial charge on any atom is -0.481 e. The van der Waals surface area contributed by atoms with Crippen LogP contribution in [0.3, 0.4) is 0 Å². The summed E-state index contributed by atoms with van der Waals surface area (Å²) < 4.78 is 7.80. The average Bonchev–Trinajstić information content (AvgIpc) is 3.09. The third-order valence-electron chi connectivity index (χ3n) is 4.36. The monoisotopic (exact) mass is 464 g/mol. The summed E-state index contributed by atoms with van der Waals surface area (Å²) in [7, 11) is 1.85. The van der Waals surface area contributed by atoms with Gasteiger partial charge in [-0.05, 0) is 49.2 Å². The first kappa shape index (κ1) is 22.5. The molecule has 0 spiro atoms. The van der Waals surface area contributed by atoms with Crippen molar-refractivity contribution in [2.24, 2.45) is 7.05 Å². The number of hydrogen-bond donors (Lipinski definition) is 1. The summed E-state index contributed by atoms with van der Waals surface area (Å²) in [5.74, 6) is 1.40. The van der Waals surface area contributed by atoms with E-state index in [2.05, 4.69) is 15.5 Å². The number of benzene rings is 2. The van der Waals surface area contributed by atoms with Gasteiger partial charge in [-0.15, -0.1) is 10.2 Å². The Morgan fingerprint density at radius 3 is 2.67 bits per heavy atom. The Morgan fingerprint density at radius 2 is 1.93 bits per heavy atom. The Kier molecular flexibility index (Phi) is 7.64. The molecule has 0 aliphatic rings. The highest BCUT2D eigenvalue weighted by Crippen LogP contribution is 2.30. The Bertz CT molecular complexity index is 1020. The van der Waals surface area contributed by atoms with Gasteiger partial charge >= 0.3 is 0 Å². The lowest BCUT2D eigenvalue weighted by Crippen LogP contribution is -2.24. The van der Waals surface area contributed by atoms with E-state index in [4.69, 9.17) is 27.9 Å². The van der Waals surface area contributed by atoms with Gasteiger partial charge in [0.15, 0.2) is 17.1 Å². The summed E-state index contributed by atoms with van der Waals surface area (Å²) >= 11 is 13.4. The Balaban J connectivity index is 1.54. The molecule has 0 saturated heterocycles. The Labute approximate surface area is 189 Å². The number of aromatic nitrogens is 3. The van der Waals surface area contributed by atoms with E-state index in [0.717, 1.165) is 11.1 Å². The van der Waals surface area contributed by atoms with Crippen LogP contribution in [-0.2, 0) is 18.4 Å². The highest BCUT2D eigenvalue weighted by Gasteiger charge is 2.19. The van der Waals surface area contributed by atoms with Gasteiger partial charge in [0.1, 0.15) is 5.75 Å². The van der Waals surface area contributed by atoms with Crippen LogP contribution in [0, 0.1) is 6.92 Å². The van der Waals surface area contributed by atoms with Gasteiger partial charge in [-0.2, -0.15) is 0 Å². The zero-order chi connectivity index (χ0) is 21.7. The molecule has 1 aromatic heterocycles. The minimum atomic E-state index is -0.352. The first-order valence-corrected chi connectivity index (χ1v) is 11.0. The van der Waals surface area contributed by atoms with Gasteiger partial charge in [0, 0.05) is 18.6 Å². The minimum absolute atomic E-state index is 0.0876. The standard InChI is InChI=1S/C21H22Cl2N4O2S/c1-13-4-9-17(23)18(10-13)29-14(2)20-25-26-21(27(20)3)30-12-19(28)24-11-15-5-7-16(22)8-6-15/h4-10,14H,11-12H2,1-3H3,(H,24,28). The molecule has 2 aromatic carbocycles. The van der Waals surface area contributed by atoms with Crippen molar-refractivity contribution < 1.29 is 9.53 Å². The highest BCUT2D eigenvalue weighted by atomic mass is 35.5. The van der Waals surface area contributed by atoms with Gasteiger partial charge in [0.25, 0.3) is 0 Å². The number of hydrogen-bond acceptors (Lipinski definition) is 5. The number of nitrogens with one attached hydrogen (secondary N) is 1. The molecule has 1 unspecified atom stereocenters.